The summed E-state index contributed by atoms with van der Waals surface area (Å²) in [5.41, 5.74) is -0.863. The lowest BCUT2D eigenvalue weighted by Gasteiger charge is -2.18. The number of aromatic nitrogens is 1. The van der Waals surface area contributed by atoms with E-state index in [1.165, 1.54) is 6.07 Å². The van der Waals surface area contributed by atoms with E-state index >= 15 is 0 Å². The van der Waals surface area contributed by atoms with Crippen molar-refractivity contribution in [2.75, 3.05) is 17.7 Å². The first-order chi connectivity index (χ1) is 9.00. The van der Waals surface area contributed by atoms with Crippen molar-refractivity contribution in [1.82, 2.24) is 4.98 Å². The summed E-state index contributed by atoms with van der Waals surface area (Å²) in [6, 6.07) is 3.90. The highest BCUT2D eigenvalue weighted by molar-refractivity contribution is 6.18. The third-order valence-electron chi connectivity index (χ3n) is 3.60. The number of alkyl halides is 4. The number of rotatable bonds is 4. The molecule has 2 nitrogen and oxygen atoms in total. The standard InChI is InChI=1S/C13H16ClF3N2/c14-7-9-3-1-4-10(9)8-18-12-6-2-5-11(19-12)13(15,16)17/h2,5-6,9-10H,1,3-4,7-8H2,(H,18,19). The van der Waals surface area contributed by atoms with Gasteiger partial charge < -0.3 is 5.32 Å². The molecule has 2 rings (SSSR count). The molecule has 1 fully saturated rings. The first-order valence-corrected chi connectivity index (χ1v) is 6.88. The smallest absolute Gasteiger partial charge is 0.370 e. The summed E-state index contributed by atoms with van der Waals surface area (Å²) in [6.07, 6.45) is -1.08. The van der Waals surface area contributed by atoms with Gasteiger partial charge in [0.1, 0.15) is 11.5 Å². The molecule has 1 aliphatic rings. The van der Waals surface area contributed by atoms with Gasteiger partial charge in [0.15, 0.2) is 0 Å². The maximum atomic E-state index is 12.5. The Labute approximate surface area is 115 Å². The summed E-state index contributed by atoms with van der Waals surface area (Å²) in [4.78, 5) is 3.59. The van der Waals surface area contributed by atoms with Crippen LogP contribution in [-0.2, 0) is 6.18 Å². The monoisotopic (exact) mass is 292 g/mol. The van der Waals surface area contributed by atoms with E-state index in [0.29, 0.717) is 24.3 Å². The van der Waals surface area contributed by atoms with Gasteiger partial charge in [-0.25, -0.2) is 4.98 Å². The number of pyridine rings is 1. The second-order valence-corrected chi connectivity index (χ2v) is 5.20. The maximum Gasteiger partial charge on any atom is 0.433 e. The largest absolute Gasteiger partial charge is 0.433 e. The molecule has 0 aliphatic heterocycles. The Kier molecular flexibility index (Phi) is 4.55. The molecule has 0 bridgehead atoms. The lowest BCUT2D eigenvalue weighted by atomic mass is 9.98. The van der Waals surface area contributed by atoms with E-state index in [0.717, 1.165) is 25.3 Å². The molecule has 2 unspecified atom stereocenters. The van der Waals surface area contributed by atoms with E-state index in [1.54, 1.807) is 6.07 Å². The first-order valence-electron chi connectivity index (χ1n) is 6.35. The van der Waals surface area contributed by atoms with Gasteiger partial charge in [0.05, 0.1) is 0 Å². The lowest BCUT2D eigenvalue weighted by Crippen LogP contribution is -2.20. The van der Waals surface area contributed by atoms with Crippen LogP contribution in [0.1, 0.15) is 25.0 Å². The molecule has 0 saturated heterocycles. The summed E-state index contributed by atoms with van der Waals surface area (Å²) in [6.45, 7) is 0.631. The van der Waals surface area contributed by atoms with Crippen LogP contribution in [0.3, 0.4) is 0 Å². The van der Waals surface area contributed by atoms with Crippen LogP contribution in [0.15, 0.2) is 18.2 Å². The van der Waals surface area contributed by atoms with Crippen molar-refractivity contribution in [3.8, 4) is 0 Å². The molecule has 2 atom stereocenters. The summed E-state index contributed by atoms with van der Waals surface area (Å²) in [7, 11) is 0. The molecule has 1 heterocycles. The molecule has 1 aromatic rings. The molecule has 19 heavy (non-hydrogen) atoms. The van der Waals surface area contributed by atoms with Crippen LogP contribution in [-0.4, -0.2) is 17.4 Å². The molecule has 0 radical (unpaired) electrons. The molecule has 0 aromatic carbocycles. The van der Waals surface area contributed by atoms with E-state index in [-0.39, 0.29) is 5.82 Å². The third-order valence-corrected chi connectivity index (χ3v) is 4.00. The van der Waals surface area contributed by atoms with Crippen LogP contribution >= 0.6 is 11.6 Å². The highest BCUT2D eigenvalue weighted by atomic mass is 35.5. The van der Waals surface area contributed by atoms with Crippen molar-refractivity contribution in [3.63, 3.8) is 0 Å². The Morgan fingerprint density at radius 3 is 2.68 bits per heavy atom. The topological polar surface area (TPSA) is 24.9 Å². The zero-order chi connectivity index (χ0) is 13.9. The fraction of sp³-hybridized carbons (Fsp3) is 0.615. The van der Waals surface area contributed by atoms with Crippen LogP contribution in [0.4, 0.5) is 19.0 Å². The summed E-state index contributed by atoms with van der Waals surface area (Å²) < 4.78 is 37.6. The van der Waals surface area contributed by atoms with Crippen molar-refractivity contribution >= 4 is 17.4 Å². The van der Waals surface area contributed by atoms with Gasteiger partial charge in [-0.15, -0.1) is 11.6 Å². The van der Waals surface area contributed by atoms with Gasteiger partial charge >= 0.3 is 6.18 Å². The van der Waals surface area contributed by atoms with E-state index in [1.807, 2.05) is 0 Å². The maximum absolute atomic E-state index is 12.5. The van der Waals surface area contributed by atoms with E-state index in [9.17, 15) is 13.2 Å². The fourth-order valence-corrected chi connectivity index (χ4v) is 2.92. The number of hydrogen-bond acceptors (Lipinski definition) is 2. The van der Waals surface area contributed by atoms with Crippen LogP contribution in [0.25, 0.3) is 0 Å². The molecular weight excluding hydrogens is 277 g/mol. The van der Waals surface area contributed by atoms with Gasteiger partial charge in [-0.05, 0) is 36.8 Å². The van der Waals surface area contributed by atoms with Crippen LogP contribution in [0, 0.1) is 11.8 Å². The van der Waals surface area contributed by atoms with Gasteiger partial charge in [-0.1, -0.05) is 12.5 Å². The number of halogens is 4. The second kappa shape index (κ2) is 5.99. The zero-order valence-corrected chi connectivity index (χ0v) is 11.1. The number of hydrogen-bond donors (Lipinski definition) is 1. The highest BCUT2D eigenvalue weighted by Crippen LogP contribution is 2.33. The highest BCUT2D eigenvalue weighted by Gasteiger charge is 2.32. The lowest BCUT2D eigenvalue weighted by molar-refractivity contribution is -0.141. The minimum Gasteiger partial charge on any atom is -0.370 e. The molecule has 0 amide bonds. The Bertz CT molecular complexity index is 423. The first kappa shape index (κ1) is 14.4. The Morgan fingerprint density at radius 2 is 2.00 bits per heavy atom. The summed E-state index contributed by atoms with van der Waals surface area (Å²) >= 11 is 5.88. The predicted molar refractivity (Wildman–Crippen MR) is 69.3 cm³/mol. The molecule has 1 saturated carbocycles. The van der Waals surface area contributed by atoms with Crippen molar-refractivity contribution in [2.24, 2.45) is 11.8 Å². The Balaban J connectivity index is 1.96. The average molecular weight is 293 g/mol. The van der Waals surface area contributed by atoms with Crippen molar-refractivity contribution < 1.29 is 13.2 Å². The average Bonchev–Trinajstić information content (AvgIpc) is 2.83. The van der Waals surface area contributed by atoms with Crippen molar-refractivity contribution in [3.05, 3.63) is 23.9 Å². The molecule has 106 valence electrons. The zero-order valence-electron chi connectivity index (χ0n) is 10.4. The minimum absolute atomic E-state index is 0.273. The van der Waals surface area contributed by atoms with Crippen LogP contribution in [0.2, 0.25) is 0 Å². The van der Waals surface area contributed by atoms with Crippen molar-refractivity contribution in [1.29, 1.82) is 0 Å². The third kappa shape index (κ3) is 3.75. The molecule has 1 N–H and O–H groups in total. The number of nitrogens with one attached hydrogen (secondary N) is 1. The Hall–Kier alpha value is -0.970. The van der Waals surface area contributed by atoms with Crippen LogP contribution in [0.5, 0.6) is 0 Å². The van der Waals surface area contributed by atoms with Gasteiger partial charge in [-0.2, -0.15) is 13.2 Å². The summed E-state index contributed by atoms with van der Waals surface area (Å²) in [5.74, 6) is 1.77. The predicted octanol–water partition coefficient (Wildman–Crippen LogP) is 4.17. The Morgan fingerprint density at radius 1 is 1.26 bits per heavy atom. The molecular formula is C13H16ClF3N2. The summed E-state index contributed by atoms with van der Waals surface area (Å²) in [5, 5.41) is 2.99. The SMILES string of the molecule is FC(F)(F)c1cccc(NCC2CCCC2CCl)n1. The second-order valence-electron chi connectivity index (χ2n) is 4.89. The van der Waals surface area contributed by atoms with E-state index in [4.69, 9.17) is 11.6 Å². The molecule has 6 heteroatoms. The van der Waals surface area contributed by atoms with Gasteiger partial charge in [0, 0.05) is 12.4 Å². The number of anilines is 1. The van der Waals surface area contributed by atoms with Crippen LogP contribution < -0.4 is 5.32 Å². The van der Waals surface area contributed by atoms with Gasteiger partial charge in [0.25, 0.3) is 0 Å². The van der Waals surface area contributed by atoms with Gasteiger partial charge in [-0.3, -0.25) is 0 Å². The van der Waals surface area contributed by atoms with Crippen molar-refractivity contribution in [2.45, 2.75) is 25.4 Å². The fourth-order valence-electron chi connectivity index (χ4n) is 2.51. The normalized spacial score (nSPS) is 23.6. The molecule has 1 aromatic heterocycles. The van der Waals surface area contributed by atoms with E-state index in [2.05, 4.69) is 10.3 Å². The quantitative estimate of drug-likeness (QED) is 0.843. The molecule has 1 aliphatic carbocycles. The van der Waals surface area contributed by atoms with Gasteiger partial charge in [0.2, 0.25) is 0 Å². The number of nitrogens with zero attached hydrogens (tertiary/aromatic N) is 1. The van der Waals surface area contributed by atoms with E-state index < -0.39 is 11.9 Å². The molecule has 0 spiro atoms. The minimum atomic E-state index is -4.40.